The van der Waals surface area contributed by atoms with Gasteiger partial charge in [0.05, 0.1) is 0 Å². The zero-order chi connectivity index (χ0) is 17.8. The van der Waals surface area contributed by atoms with Gasteiger partial charge in [-0.3, -0.25) is 4.90 Å². The van der Waals surface area contributed by atoms with Crippen molar-refractivity contribution in [2.45, 2.75) is 85.5 Å². The van der Waals surface area contributed by atoms with E-state index >= 15 is 0 Å². The predicted octanol–water partition coefficient (Wildman–Crippen LogP) is 2.89. The second-order valence-electron chi connectivity index (χ2n) is 7.56. The van der Waals surface area contributed by atoms with E-state index in [1.165, 1.54) is 0 Å². The highest BCUT2D eigenvalue weighted by atomic mass is 16.7. The van der Waals surface area contributed by atoms with Crippen LogP contribution in [0, 0.1) is 0 Å². The molecule has 0 saturated heterocycles. The third kappa shape index (κ3) is 4.65. The average molecular weight is 317 g/mol. The molecule has 0 aromatic rings. The minimum atomic E-state index is -0.631. The van der Waals surface area contributed by atoms with Gasteiger partial charge in [0.1, 0.15) is 0 Å². The summed E-state index contributed by atoms with van der Waals surface area (Å²) in [5, 5.41) is 1.82. The molecule has 22 heavy (non-hydrogen) atoms. The maximum Gasteiger partial charge on any atom is 0.261 e. The summed E-state index contributed by atoms with van der Waals surface area (Å²) >= 11 is 0. The smallest absolute Gasteiger partial charge is 0.254 e. The Morgan fingerprint density at radius 1 is 0.591 bits per heavy atom. The summed E-state index contributed by atoms with van der Waals surface area (Å²) < 4.78 is 0. The SMILES string of the molecule is CC(C)N(C(C)C)C(ON(C)C)(N(C)C)N(C(C)C)C(C)C. The molecule has 0 fully saturated rings. The third-order valence-electron chi connectivity index (χ3n) is 3.79. The second-order valence-corrected chi connectivity index (χ2v) is 7.56. The molecular weight excluding hydrogens is 276 g/mol. The Labute approximate surface area is 139 Å². The summed E-state index contributed by atoms with van der Waals surface area (Å²) in [4.78, 5) is 13.5. The normalized spacial score (nSPS) is 14.2. The minimum absolute atomic E-state index is 0.349. The Morgan fingerprint density at radius 2 is 0.864 bits per heavy atom. The van der Waals surface area contributed by atoms with E-state index < -0.39 is 5.97 Å². The van der Waals surface area contributed by atoms with Gasteiger partial charge in [-0.2, -0.15) is 5.06 Å². The van der Waals surface area contributed by atoms with E-state index in [1.807, 2.05) is 19.2 Å². The molecule has 0 rings (SSSR count). The number of hydrogen-bond donors (Lipinski definition) is 0. The average Bonchev–Trinajstić information content (AvgIpc) is 2.24. The van der Waals surface area contributed by atoms with Gasteiger partial charge >= 0.3 is 0 Å². The van der Waals surface area contributed by atoms with Crippen LogP contribution in [0.3, 0.4) is 0 Å². The van der Waals surface area contributed by atoms with Gasteiger partial charge < -0.3 is 0 Å². The summed E-state index contributed by atoms with van der Waals surface area (Å²) in [6, 6.07) is 1.40. The fraction of sp³-hybridized carbons (Fsp3) is 1.00. The zero-order valence-corrected chi connectivity index (χ0v) is 17.0. The van der Waals surface area contributed by atoms with Crippen LogP contribution in [0.5, 0.6) is 0 Å². The van der Waals surface area contributed by atoms with Crippen molar-refractivity contribution in [2.24, 2.45) is 0 Å². The maximum absolute atomic E-state index is 6.48. The van der Waals surface area contributed by atoms with E-state index in [9.17, 15) is 0 Å². The van der Waals surface area contributed by atoms with Gasteiger partial charge in [-0.15, -0.1) is 0 Å². The monoisotopic (exact) mass is 316 g/mol. The molecule has 0 heterocycles. The molecule has 0 N–H and O–H groups in total. The van der Waals surface area contributed by atoms with Crippen LogP contribution >= 0.6 is 0 Å². The van der Waals surface area contributed by atoms with Crippen LogP contribution in [0.2, 0.25) is 0 Å². The highest BCUT2D eigenvalue weighted by Crippen LogP contribution is 2.33. The molecule has 0 saturated carbocycles. The van der Waals surface area contributed by atoms with Gasteiger partial charge in [-0.05, 0) is 69.5 Å². The second kappa shape index (κ2) is 8.60. The quantitative estimate of drug-likeness (QED) is 0.480. The van der Waals surface area contributed by atoms with E-state index in [1.54, 1.807) is 0 Å². The largest absolute Gasteiger partial charge is 0.261 e. The van der Waals surface area contributed by atoms with Crippen LogP contribution in [0.4, 0.5) is 0 Å². The molecule has 0 bridgehead atoms. The first-order chi connectivity index (χ1) is 9.89. The molecule has 5 heteroatoms. The molecule has 0 spiro atoms. The van der Waals surface area contributed by atoms with Crippen molar-refractivity contribution in [3.63, 3.8) is 0 Å². The van der Waals surface area contributed by atoms with E-state index in [4.69, 9.17) is 4.84 Å². The fourth-order valence-corrected chi connectivity index (χ4v) is 3.55. The van der Waals surface area contributed by atoms with Crippen LogP contribution in [0.15, 0.2) is 0 Å². The van der Waals surface area contributed by atoms with E-state index in [-0.39, 0.29) is 0 Å². The molecule has 134 valence electrons. The molecule has 0 aliphatic carbocycles. The van der Waals surface area contributed by atoms with Crippen molar-refractivity contribution >= 4 is 0 Å². The van der Waals surface area contributed by atoms with Gasteiger partial charge in [-0.25, -0.2) is 14.6 Å². The minimum Gasteiger partial charge on any atom is -0.254 e. The van der Waals surface area contributed by atoms with Crippen LogP contribution in [0.1, 0.15) is 55.4 Å². The first kappa shape index (κ1) is 21.8. The summed E-state index contributed by atoms with van der Waals surface area (Å²) in [7, 11) is 8.10. The summed E-state index contributed by atoms with van der Waals surface area (Å²) in [5.74, 6) is -0.631. The van der Waals surface area contributed by atoms with Gasteiger partial charge in [0.25, 0.3) is 5.97 Å². The fourth-order valence-electron chi connectivity index (χ4n) is 3.55. The Kier molecular flexibility index (Phi) is 8.52. The summed E-state index contributed by atoms with van der Waals surface area (Å²) in [6.45, 7) is 17.9. The standard InChI is InChI=1S/C17H40N4O/c1-13(2)20(14(3)4)17(18(9)10,22-19(11)12)21(15(5)6)16(7)8/h13-16H,1-12H3. The Balaban J connectivity index is 6.32. The number of nitrogens with zero attached hydrogens (tertiary/aromatic N) is 4. The highest BCUT2D eigenvalue weighted by molar-refractivity contribution is 4.88. The predicted molar refractivity (Wildman–Crippen MR) is 95.4 cm³/mol. The molecule has 0 atom stereocenters. The van der Waals surface area contributed by atoms with E-state index in [0.29, 0.717) is 24.2 Å². The lowest BCUT2D eigenvalue weighted by atomic mass is 10.1. The maximum atomic E-state index is 6.48. The molecule has 0 aliphatic heterocycles. The van der Waals surface area contributed by atoms with Gasteiger partial charge in [0.2, 0.25) is 0 Å². The molecule has 0 aliphatic rings. The number of rotatable bonds is 9. The lowest BCUT2D eigenvalue weighted by Crippen LogP contribution is -2.75. The molecule has 0 unspecified atom stereocenters. The van der Waals surface area contributed by atoms with Crippen molar-refractivity contribution in [1.29, 1.82) is 0 Å². The van der Waals surface area contributed by atoms with Gasteiger partial charge in [0, 0.05) is 38.3 Å². The van der Waals surface area contributed by atoms with Crippen LogP contribution in [-0.4, -0.2) is 78.1 Å². The molecule has 0 radical (unpaired) electrons. The molecule has 0 aromatic heterocycles. The first-order valence-corrected chi connectivity index (χ1v) is 8.50. The number of hydroxylamine groups is 2. The zero-order valence-electron chi connectivity index (χ0n) is 17.0. The van der Waals surface area contributed by atoms with Crippen LogP contribution in [0.25, 0.3) is 0 Å². The molecule has 0 aromatic carbocycles. The topological polar surface area (TPSA) is 22.2 Å². The van der Waals surface area contributed by atoms with E-state index in [0.717, 1.165) is 0 Å². The molecule has 0 amide bonds. The summed E-state index contributed by atoms with van der Waals surface area (Å²) in [6.07, 6.45) is 0. The van der Waals surface area contributed by atoms with Crippen LogP contribution < -0.4 is 0 Å². The van der Waals surface area contributed by atoms with Gasteiger partial charge in [-0.1, -0.05) is 0 Å². The highest BCUT2D eigenvalue weighted by Gasteiger charge is 2.51. The number of hydrogen-bond acceptors (Lipinski definition) is 5. The molecular formula is C17H40N4O. The van der Waals surface area contributed by atoms with Crippen molar-refractivity contribution in [2.75, 3.05) is 28.2 Å². The third-order valence-corrected chi connectivity index (χ3v) is 3.79. The van der Waals surface area contributed by atoms with Gasteiger partial charge in [0.15, 0.2) is 0 Å². The Morgan fingerprint density at radius 3 is 1.00 bits per heavy atom. The van der Waals surface area contributed by atoms with Crippen molar-refractivity contribution in [3.8, 4) is 0 Å². The Hall–Kier alpha value is -0.200. The van der Waals surface area contributed by atoms with Crippen molar-refractivity contribution in [1.82, 2.24) is 19.8 Å². The lowest BCUT2D eigenvalue weighted by Gasteiger charge is -2.58. The lowest BCUT2D eigenvalue weighted by molar-refractivity contribution is -0.411. The van der Waals surface area contributed by atoms with Crippen molar-refractivity contribution < 1.29 is 4.84 Å². The van der Waals surface area contributed by atoms with Crippen LogP contribution in [-0.2, 0) is 4.84 Å². The molecule has 5 nitrogen and oxygen atoms in total. The first-order valence-electron chi connectivity index (χ1n) is 8.50. The Bertz CT molecular complexity index is 278. The van der Waals surface area contributed by atoms with E-state index in [2.05, 4.69) is 84.2 Å². The summed E-state index contributed by atoms with van der Waals surface area (Å²) in [5.41, 5.74) is 0. The van der Waals surface area contributed by atoms with Crippen molar-refractivity contribution in [3.05, 3.63) is 0 Å².